The summed E-state index contributed by atoms with van der Waals surface area (Å²) in [4.78, 5) is 0. The molecule has 1 N–H and O–H groups in total. The highest BCUT2D eigenvalue weighted by Crippen LogP contribution is 2.17. The summed E-state index contributed by atoms with van der Waals surface area (Å²) < 4.78 is 19.4. The molecule has 2 nitrogen and oxygen atoms in total. The van der Waals surface area contributed by atoms with Crippen molar-refractivity contribution in [1.82, 2.24) is 5.32 Å². The Balaban J connectivity index is 2.00. The van der Waals surface area contributed by atoms with Crippen molar-refractivity contribution in [3.8, 4) is 0 Å². The Morgan fingerprint density at radius 3 is 2.94 bits per heavy atom. The molecular formula is C13H13BrFNO. The lowest BCUT2D eigenvalue weighted by Gasteiger charge is -2.12. The summed E-state index contributed by atoms with van der Waals surface area (Å²) in [6.07, 6.45) is 3.32. The van der Waals surface area contributed by atoms with E-state index in [9.17, 15) is 4.39 Å². The van der Waals surface area contributed by atoms with Crippen LogP contribution in [0.15, 0.2) is 45.7 Å². The average molecular weight is 298 g/mol. The lowest BCUT2D eigenvalue weighted by Crippen LogP contribution is -2.18. The third kappa shape index (κ3) is 3.17. The molecule has 0 aliphatic carbocycles. The van der Waals surface area contributed by atoms with Gasteiger partial charge in [0.05, 0.1) is 12.5 Å². The Hall–Kier alpha value is -1.13. The molecular weight excluding hydrogens is 285 g/mol. The first kappa shape index (κ1) is 12.3. The van der Waals surface area contributed by atoms with Crippen molar-refractivity contribution in [3.05, 3.63) is 58.2 Å². The molecule has 0 fully saturated rings. The van der Waals surface area contributed by atoms with Crippen molar-refractivity contribution in [2.45, 2.75) is 19.5 Å². The Labute approximate surface area is 108 Å². The number of halogens is 2. The minimum Gasteiger partial charge on any atom is -0.472 e. The summed E-state index contributed by atoms with van der Waals surface area (Å²) in [5, 5.41) is 3.25. The summed E-state index contributed by atoms with van der Waals surface area (Å²) >= 11 is 3.33. The molecule has 17 heavy (non-hydrogen) atoms. The van der Waals surface area contributed by atoms with Crippen LogP contribution in [-0.2, 0) is 6.54 Å². The molecule has 0 radical (unpaired) electrons. The molecule has 0 bridgehead atoms. The van der Waals surface area contributed by atoms with E-state index in [0.717, 1.165) is 10.0 Å². The summed E-state index contributed by atoms with van der Waals surface area (Å²) in [7, 11) is 0. The van der Waals surface area contributed by atoms with E-state index in [0.29, 0.717) is 12.1 Å². The number of hydrogen-bond donors (Lipinski definition) is 1. The van der Waals surface area contributed by atoms with E-state index in [2.05, 4.69) is 21.2 Å². The Kier molecular flexibility index (Phi) is 3.97. The predicted molar refractivity (Wildman–Crippen MR) is 68.1 cm³/mol. The molecule has 2 rings (SSSR count). The van der Waals surface area contributed by atoms with Gasteiger partial charge in [-0.1, -0.05) is 15.9 Å². The van der Waals surface area contributed by atoms with Gasteiger partial charge in [-0.05, 0) is 31.2 Å². The lowest BCUT2D eigenvalue weighted by atomic mass is 10.1. The van der Waals surface area contributed by atoms with Gasteiger partial charge in [0.15, 0.2) is 0 Å². The van der Waals surface area contributed by atoms with E-state index in [1.165, 1.54) is 6.07 Å². The van der Waals surface area contributed by atoms with Crippen molar-refractivity contribution in [3.63, 3.8) is 0 Å². The third-order valence-corrected chi connectivity index (χ3v) is 3.14. The van der Waals surface area contributed by atoms with Crippen molar-refractivity contribution < 1.29 is 8.81 Å². The van der Waals surface area contributed by atoms with E-state index in [1.54, 1.807) is 24.7 Å². The fraction of sp³-hybridized carbons (Fsp3) is 0.231. The van der Waals surface area contributed by atoms with E-state index >= 15 is 0 Å². The van der Waals surface area contributed by atoms with Crippen molar-refractivity contribution in [2.24, 2.45) is 0 Å². The van der Waals surface area contributed by atoms with Gasteiger partial charge in [0.25, 0.3) is 0 Å². The highest BCUT2D eigenvalue weighted by Gasteiger charge is 2.08. The first-order chi connectivity index (χ1) is 8.16. The summed E-state index contributed by atoms with van der Waals surface area (Å²) in [6.45, 7) is 2.50. The Morgan fingerprint density at radius 2 is 2.24 bits per heavy atom. The van der Waals surface area contributed by atoms with E-state index in [4.69, 9.17) is 4.42 Å². The summed E-state index contributed by atoms with van der Waals surface area (Å²) in [5.74, 6) is -0.194. The lowest BCUT2D eigenvalue weighted by molar-refractivity contribution is 0.527. The number of hydrogen-bond acceptors (Lipinski definition) is 2. The Morgan fingerprint density at radius 1 is 1.41 bits per heavy atom. The predicted octanol–water partition coefficient (Wildman–Crippen LogP) is 4.03. The monoisotopic (exact) mass is 297 g/mol. The molecule has 0 aliphatic rings. The van der Waals surface area contributed by atoms with Gasteiger partial charge >= 0.3 is 0 Å². The fourth-order valence-corrected chi connectivity index (χ4v) is 1.99. The van der Waals surface area contributed by atoms with Crippen LogP contribution in [0.1, 0.15) is 24.1 Å². The van der Waals surface area contributed by atoms with Crippen LogP contribution >= 0.6 is 15.9 Å². The smallest absolute Gasteiger partial charge is 0.127 e. The molecule has 4 heteroatoms. The Bertz CT molecular complexity index is 484. The molecule has 0 saturated heterocycles. The molecule has 90 valence electrons. The topological polar surface area (TPSA) is 25.2 Å². The van der Waals surface area contributed by atoms with Crippen LogP contribution in [0.3, 0.4) is 0 Å². The second-order valence-electron chi connectivity index (χ2n) is 3.90. The van der Waals surface area contributed by atoms with Crippen molar-refractivity contribution >= 4 is 15.9 Å². The van der Waals surface area contributed by atoms with Crippen LogP contribution in [0, 0.1) is 5.82 Å². The summed E-state index contributed by atoms with van der Waals surface area (Å²) in [5.41, 5.74) is 1.70. The molecule has 0 spiro atoms. The maximum Gasteiger partial charge on any atom is 0.127 e. The van der Waals surface area contributed by atoms with E-state index in [-0.39, 0.29) is 11.9 Å². The van der Waals surface area contributed by atoms with Gasteiger partial charge in [0, 0.05) is 28.2 Å². The molecule has 1 aromatic heterocycles. The van der Waals surface area contributed by atoms with Crippen molar-refractivity contribution in [2.75, 3.05) is 0 Å². The molecule has 1 unspecified atom stereocenters. The fourth-order valence-electron chi connectivity index (χ4n) is 1.58. The zero-order valence-corrected chi connectivity index (χ0v) is 11.0. The number of rotatable bonds is 4. The van der Waals surface area contributed by atoms with Gasteiger partial charge in [-0.2, -0.15) is 0 Å². The minimum atomic E-state index is -0.194. The van der Waals surface area contributed by atoms with Crippen LogP contribution in [0.2, 0.25) is 0 Å². The standard InChI is InChI=1S/C13H13BrFNO/c1-9(10-4-5-17-8-10)16-7-11-6-12(14)2-3-13(11)15/h2-6,8-9,16H,7H2,1H3. The van der Waals surface area contributed by atoms with Gasteiger partial charge in [-0.25, -0.2) is 4.39 Å². The van der Waals surface area contributed by atoms with Gasteiger partial charge in [-0.3, -0.25) is 0 Å². The second-order valence-corrected chi connectivity index (χ2v) is 4.81. The zero-order chi connectivity index (χ0) is 12.3. The molecule has 2 aromatic rings. The molecule has 0 aliphatic heterocycles. The third-order valence-electron chi connectivity index (χ3n) is 2.65. The largest absolute Gasteiger partial charge is 0.472 e. The van der Waals surface area contributed by atoms with Crippen LogP contribution < -0.4 is 5.32 Å². The number of nitrogens with one attached hydrogen (secondary N) is 1. The quantitative estimate of drug-likeness (QED) is 0.922. The normalized spacial score (nSPS) is 12.6. The average Bonchev–Trinajstić information content (AvgIpc) is 2.83. The number of furan rings is 1. The zero-order valence-electron chi connectivity index (χ0n) is 9.41. The van der Waals surface area contributed by atoms with Gasteiger partial charge in [0.1, 0.15) is 5.82 Å². The van der Waals surface area contributed by atoms with Gasteiger partial charge in [0.2, 0.25) is 0 Å². The maximum atomic E-state index is 13.5. The molecule has 0 amide bonds. The molecule has 1 atom stereocenters. The van der Waals surface area contributed by atoms with Gasteiger partial charge < -0.3 is 9.73 Å². The van der Waals surface area contributed by atoms with E-state index < -0.39 is 0 Å². The van der Waals surface area contributed by atoms with Crippen LogP contribution in [0.5, 0.6) is 0 Å². The number of benzene rings is 1. The van der Waals surface area contributed by atoms with Crippen LogP contribution in [-0.4, -0.2) is 0 Å². The molecule has 1 heterocycles. The van der Waals surface area contributed by atoms with Gasteiger partial charge in [-0.15, -0.1) is 0 Å². The molecule has 0 saturated carbocycles. The summed E-state index contributed by atoms with van der Waals surface area (Å²) in [6, 6.07) is 6.97. The highest BCUT2D eigenvalue weighted by atomic mass is 79.9. The van der Waals surface area contributed by atoms with Crippen LogP contribution in [0.25, 0.3) is 0 Å². The minimum absolute atomic E-state index is 0.132. The second kappa shape index (κ2) is 5.47. The van der Waals surface area contributed by atoms with E-state index in [1.807, 2.05) is 13.0 Å². The SMILES string of the molecule is CC(NCc1cc(Br)ccc1F)c1ccoc1. The first-order valence-corrected chi connectivity index (χ1v) is 6.15. The van der Waals surface area contributed by atoms with Crippen molar-refractivity contribution in [1.29, 1.82) is 0 Å². The van der Waals surface area contributed by atoms with Crippen LogP contribution in [0.4, 0.5) is 4.39 Å². The maximum absolute atomic E-state index is 13.5. The first-order valence-electron chi connectivity index (χ1n) is 5.36. The molecule has 1 aromatic carbocycles. The highest BCUT2D eigenvalue weighted by molar-refractivity contribution is 9.10.